The summed E-state index contributed by atoms with van der Waals surface area (Å²) >= 11 is 0. The maximum Gasteiger partial charge on any atom is 0.330 e. The molecule has 3 aromatic rings. The molecule has 1 aliphatic heterocycles. The molecule has 1 unspecified atom stereocenters. The van der Waals surface area contributed by atoms with E-state index in [0.29, 0.717) is 11.8 Å². The van der Waals surface area contributed by atoms with E-state index in [0.717, 1.165) is 42.1 Å². The predicted molar refractivity (Wildman–Crippen MR) is 226 cm³/mol. The van der Waals surface area contributed by atoms with Gasteiger partial charge in [0.25, 0.3) is 0 Å². The number of aryl methyl sites for hydroxylation is 1. The summed E-state index contributed by atoms with van der Waals surface area (Å²) in [4.78, 5) is 24.5. The van der Waals surface area contributed by atoms with Crippen LogP contribution in [0.1, 0.15) is 98.6 Å². The first-order valence-corrected chi connectivity index (χ1v) is 19.5. The minimum atomic E-state index is -3.55. The summed E-state index contributed by atoms with van der Waals surface area (Å²) in [6.45, 7) is 4.00. The average molecular weight is 790 g/mol. The van der Waals surface area contributed by atoms with E-state index >= 15 is 0 Å². The van der Waals surface area contributed by atoms with Crippen LogP contribution in [-0.4, -0.2) is 58.3 Å². The van der Waals surface area contributed by atoms with Crippen molar-refractivity contribution in [1.82, 2.24) is 4.90 Å². The number of hydrogen-bond donors (Lipinski definition) is 0. The Morgan fingerprint density at radius 1 is 0.764 bits per heavy atom. The van der Waals surface area contributed by atoms with Crippen molar-refractivity contribution in [2.75, 3.05) is 33.1 Å². The lowest BCUT2D eigenvalue weighted by Gasteiger charge is -2.24. The van der Waals surface area contributed by atoms with E-state index in [1.165, 1.54) is 76.0 Å². The third kappa shape index (κ3) is 17.9. The van der Waals surface area contributed by atoms with Gasteiger partial charge < -0.3 is 13.7 Å². The Hall–Kier alpha value is -4.80. The highest BCUT2D eigenvalue weighted by Crippen LogP contribution is 2.34. The maximum absolute atomic E-state index is 11.3. The van der Waals surface area contributed by atoms with Gasteiger partial charge in [0.05, 0.1) is 20.0 Å². The predicted octanol–water partition coefficient (Wildman–Crippen LogP) is 9.35. The number of hydrogen-bond acceptors (Lipinski definition) is 8. The van der Waals surface area contributed by atoms with Crippen LogP contribution in [0.25, 0.3) is 12.2 Å². The van der Waals surface area contributed by atoms with Gasteiger partial charge in [0.1, 0.15) is 5.75 Å². The number of carbonyl (C=O) groups is 2. The molecule has 1 saturated heterocycles. The molecule has 10 heteroatoms. The molecule has 8 nitrogen and oxygen atoms in total. The van der Waals surface area contributed by atoms with Gasteiger partial charge in [0.2, 0.25) is 0 Å². The SMILES string of the molecule is C.C#CCCN1CCCC1c1ccc(/C=C/C(=O)OC)cc1.C#CCCS(=O)(=O)Oc1ccc(C)cc1.COC(=O)/C=C/c1ccc(C2CCCC2)cc1.Cl. The largest absolute Gasteiger partial charge is 0.466 e. The van der Waals surface area contributed by atoms with E-state index < -0.39 is 10.1 Å². The van der Waals surface area contributed by atoms with Crippen LogP contribution in [0.3, 0.4) is 0 Å². The number of carbonyl (C=O) groups excluding carboxylic acids is 2. The lowest BCUT2D eigenvalue weighted by molar-refractivity contribution is -0.135. The van der Waals surface area contributed by atoms with Gasteiger partial charge in [-0.2, -0.15) is 8.42 Å². The Morgan fingerprint density at radius 3 is 1.76 bits per heavy atom. The van der Waals surface area contributed by atoms with Crippen LogP contribution >= 0.6 is 12.4 Å². The molecule has 5 rings (SSSR count). The molecular weight excluding hydrogens is 734 g/mol. The monoisotopic (exact) mass is 789 g/mol. The minimum absolute atomic E-state index is 0. The van der Waals surface area contributed by atoms with E-state index in [1.807, 2.05) is 19.1 Å². The van der Waals surface area contributed by atoms with Crippen LogP contribution in [0, 0.1) is 31.6 Å². The van der Waals surface area contributed by atoms with Gasteiger partial charge in [0.15, 0.2) is 0 Å². The number of halogens is 1. The Kier molecular flexibility index (Phi) is 22.9. The summed E-state index contributed by atoms with van der Waals surface area (Å²) in [6, 6.07) is 24.1. The number of ether oxygens (including phenoxy) is 2. The molecule has 3 aromatic carbocycles. The van der Waals surface area contributed by atoms with Crippen molar-refractivity contribution < 1.29 is 31.7 Å². The van der Waals surface area contributed by atoms with E-state index in [1.54, 1.807) is 36.4 Å². The second kappa shape index (κ2) is 26.1. The zero-order chi connectivity index (χ0) is 38.5. The smallest absolute Gasteiger partial charge is 0.330 e. The van der Waals surface area contributed by atoms with Gasteiger partial charge in [-0.1, -0.05) is 86.5 Å². The fraction of sp³-hybridized carbons (Fsp3) is 0.378. The molecule has 0 aromatic heterocycles. The molecular formula is C45H56ClNO7S. The minimum Gasteiger partial charge on any atom is -0.466 e. The van der Waals surface area contributed by atoms with Crippen LogP contribution < -0.4 is 4.18 Å². The van der Waals surface area contributed by atoms with Crippen molar-refractivity contribution in [3.8, 4) is 30.4 Å². The lowest BCUT2D eigenvalue weighted by Crippen LogP contribution is -2.24. The highest BCUT2D eigenvalue weighted by Gasteiger charge is 2.25. The second-order valence-electron chi connectivity index (χ2n) is 12.8. The molecule has 1 saturated carbocycles. The Balaban J connectivity index is 0.000000411. The molecule has 1 heterocycles. The molecule has 0 N–H and O–H groups in total. The van der Waals surface area contributed by atoms with Gasteiger partial charge in [-0.25, -0.2) is 9.59 Å². The summed E-state index contributed by atoms with van der Waals surface area (Å²) in [5.74, 6) is 5.23. The van der Waals surface area contributed by atoms with E-state index in [2.05, 4.69) is 62.6 Å². The summed E-state index contributed by atoms with van der Waals surface area (Å²) < 4.78 is 36.6. The lowest BCUT2D eigenvalue weighted by atomic mass is 9.97. The Morgan fingerprint density at radius 2 is 1.27 bits per heavy atom. The Bertz CT molecular complexity index is 1830. The maximum atomic E-state index is 11.3. The molecule has 2 aliphatic rings. The van der Waals surface area contributed by atoms with E-state index in [-0.39, 0.29) is 43.9 Å². The number of terminal acetylenes is 2. The first-order chi connectivity index (χ1) is 25.6. The first-order valence-electron chi connectivity index (χ1n) is 17.9. The Labute approximate surface area is 335 Å². The number of likely N-dealkylation sites (tertiary alicyclic amines) is 1. The normalized spacial score (nSPS) is 15.2. The third-order valence-electron chi connectivity index (χ3n) is 8.96. The van der Waals surface area contributed by atoms with Crippen LogP contribution in [0.5, 0.6) is 5.75 Å². The third-order valence-corrected chi connectivity index (χ3v) is 10.1. The molecule has 0 radical (unpaired) electrons. The zero-order valence-corrected chi connectivity index (χ0v) is 33.1. The summed E-state index contributed by atoms with van der Waals surface area (Å²) in [5, 5.41) is 0. The molecule has 0 bridgehead atoms. The number of rotatable bonds is 12. The zero-order valence-electron chi connectivity index (χ0n) is 31.4. The van der Waals surface area contributed by atoms with Crippen molar-refractivity contribution in [3.05, 3.63) is 113 Å². The summed E-state index contributed by atoms with van der Waals surface area (Å²) in [5.41, 5.74) is 5.83. The van der Waals surface area contributed by atoms with E-state index in [4.69, 9.17) is 17.0 Å². The summed E-state index contributed by atoms with van der Waals surface area (Å²) in [6.07, 6.45) is 25.5. The molecule has 1 atom stereocenters. The van der Waals surface area contributed by atoms with Crippen molar-refractivity contribution in [3.63, 3.8) is 0 Å². The number of esters is 2. The quantitative estimate of drug-likeness (QED) is 0.0775. The van der Waals surface area contributed by atoms with Crippen LogP contribution in [0.4, 0.5) is 0 Å². The van der Waals surface area contributed by atoms with Gasteiger partial charge in [0, 0.05) is 37.6 Å². The van der Waals surface area contributed by atoms with Gasteiger partial charge >= 0.3 is 22.1 Å². The van der Waals surface area contributed by atoms with Crippen LogP contribution in [0.2, 0.25) is 0 Å². The molecule has 0 amide bonds. The molecule has 55 heavy (non-hydrogen) atoms. The van der Waals surface area contributed by atoms with Gasteiger partial charge in [-0.3, -0.25) is 4.90 Å². The van der Waals surface area contributed by atoms with Gasteiger partial charge in [-0.15, -0.1) is 37.1 Å². The van der Waals surface area contributed by atoms with E-state index in [9.17, 15) is 18.0 Å². The van der Waals surface area contributed by atoms with Crippen molar-refractivity contribution >= 4 is 46.6 Å². The van der Waals surface area contributed by atoms with Crippen LogP contribution in [0.15, 0.2) is 84.9 Å². The highest BCUT2D eigenvalue weighted by molar-refractivity contribution is 7.87. The van der Waals surface area contributed by atoms with Crippen LogP contribution in [-0.2, 0) is 29.2 Å². The van der Waals surface area contributed by atoms with Gasteiger partial charge in [-0.05, 0) is 91.6 Å². The fourth-order valence-corrected chi connectivity index (χ4v) is 6.93. The average Bonchev–Trinajstić information content (AvgIpc) is 3.89. The molecule has 296 valence electrons. The van der Waals surface area contributed by atoms with Crippen molar-refractivity contribution in [1.29, 1.82) is 0 Å². The van der Waals surface area contributed by atoms with Crippen molar-refractivity contribution in [2.24, 2.45) is 0 Å². The number of benzene rings is 3. The number of methoxy groups -OCH3 is 2. The molecule has 2 fully saturated rings. The fourth-order valence-electron chi connectivity index (χ4n) is 6.08. The standard InChI is InChI=1S/C18H21NO2.C15H18O2.C11H12O3S.CH4.ClH/c1-3-4-13-19-14-5-6-17(19)16-10-7-15(8-11-16)9-12-18(20)21-2;1-17-15(16)11-8-12-6-9-14(10-7-12)13-4-2-3-5-13;1-3-4-9-15(12,13)14-11-7-5-10(2)6-8-11;;/h1,7-12,17H,4-6,13-14H2,2H3;6-11,13H,2-5H2,1H3;1,5-8H,4,9H2,2H3;1H4;1H/b12-9+;11-8+;;;. The second-order valence-corrected chi connectivity index (χ2v) is 14.5. The molecule has 0 spiro atoms. The number of nitrogens with zero attached hydrogens (tertiary/aromatic N) is 1. The first kappa shape index (κ1) is 48.2. The highest BCUT2D eigenvalue weighted by atomic mass is 35.5. The topological polar surface area (TPSA) is 99.2 Å². The summed E-state index contributed by atoms with van der Waals surface area (Å²) in [7, 11) is -0.792. The van der Waals surface area contributed by atoms with Crippen molar-refractivity contribution in [2.45, 2.75) is 77.7 Å². The molecule has 1 aliphatic carbocycles.